The smallest absolute Gasteiger partial charge is 0.234 e. The number of benzene rings is 1. The molecule has 5 heteroatoms. The van der Waals surface area contributed by atoms with Gasteiger partial charge in [-0.2, -0.15) is 0 Å². The van der Waals surface area contributed by atoms with Crippen molar-refractivity contribution < 1.29 is 9.53 Å². The highest BCUT2D eigenvalue weighted by Gasteiger charge is 2.10. The molecule has 1 heterocycles. The van der Waals surface area contributed by atoms with Crippen molar-refractivity contribution in [2.75, 3.05) is 39.9 Å². The summed E-state index contributed by atoms with van der Waals surface area (Å²) in [4.78, 5) is 14.2. The summed E-state index contributed by atoms with van der Waals surface area (Å²) in [6, 6.07) is 8.57. The fourth-order valence-corrected chi connectivity index (χ4v) is 2.78. The maximum Gasteiger partial charge on any atom is 0.234 e. The third-order valence-electron chi connectivity index (χ3n) is 4.14. The van der Waals surface area contributed by atoms with Crippen molar-refractivity contribution >= 4 is 5.91 Å². The first-order valence-corrected chi connectivity index (χ1v) is 8.54. The summed E-state index contributed by atoms with van der Waals surface area (Å²) in [5, 5.41) is 5.96. The number of piperidine rings is 1. The van der Waals surface area contributed by atoms with Gasteiger partial charge in [-0.15, -0.1) is 0 Å². The number of methoxy groups -OCH3 is 1. The minimum Gasteiger partial charge on any atom is -0.383 e. The van der Waals surface area contributed by atoms with E-state index < -0.39 is 0 Å². The average Bonchev–Trinajstić information content (AvgIpc) is 2.59. The molecule has 5 nitrogen and oxygen atoms in total. The number of likely N-dealkylation sites (tertiary alicyclic amines) is 1. The standard InChI is InChI=1S/C18H29N3O2/c1-23-12-9-19-14-18(22)20-13-16-5-7-17(8-6-16)15-21-10-3-2-4-11-21/h5-8,19H,2-4,9-15H2,1H3,(H,20,22). The molecule has 0 aromatic heterocycles. The molecule has 128 valence electrons. The summed E-state index contributed by atoms with van der Waals surface area (Å²) in [6.45, 7) is 5.68. The van der Waals surface area contributed by atoms with E-state index in [1.54, 1.807) is 7.11 Å². The van der Waals surface area contributed by atoms with Crippen molar-refractivity contribution in [2.45, 2.75) is 32.4 Å². The Balaban J connectivity index is 1.67. The number of carbonyl (C=O) groups excluding carboxylic acids is 1. The highest BCUT2D eigenvalue weighted by Crippen LogP contribution is 2.13. The van der Waals surface area contributed by atoms with E-state index in [2.05, 4.69) is 39.8 Å². The molecule has 1 amide bonds. The zero-order chi connectivity index (χ0) is 16.3. The Kier molecular flexibility index (Phi) is 8.07. The largest absolute Gasteiger partial charge is 0.383 e. The second kappa shape index (κ2) is 10.4. The molecule has 1 saturated heterocycles. The lowest BCUT2D eigenvalue weighted by molar-refractivity contribution is -0.120. The van der Waals surface area contributed by atoms with Gasteiger partial charge in [0.15, 0.2) is 0 Å². The summed E-state index contributed by atoms with van der Waals surface area (Å²) in [5.74, 6) is 0.0125. The fraction of sp³-hybridized carbons (Fsp3) is 0.611. The molecule has 0 bridgehead atoms. The van der Waals surface area contributed by atoms with Crippen LogP contribution in [0.1, 0.15) is 30.4 Å². The highest BCUT2D eigenvalue weighted by atomic mass is 16.5. The molecular weight excluding hydrogens is 290 g/mol. The molecule has 2 N–H and O–H groups in total. The van der Waals surface area contributed by atoms with E-state index in [0.717, 1.165) is 12.1 Å². The van der Waals surface area contributed by atoms with Gasteiger partial charge in [0.05, 0.1) is 13.2 Å². The number of rotatable bonds is 9. The number of ether oxygens (including phenoxy) is 1. The summed E-state index contributed by atoms with van der Waals surface area (Å²) in [6.07, 6.45) is 4.01. The van der Waals surface area contributed by atoms with Crippen LogP contribution < -0.4 is 10.6 Å². The summed E-state index contributed by atoms with van der Waals surface area (Å²) < 4.78 is 4.92. The summed E-state index contributed by atoms with van der Waals surface area (Å²) in [7, 11) is 1.65. The normalized spacial score (nSPS) is 15.5. The molecule has 0 radical (unpaired) electrons. The van der Waals surface area contributed by atoms with Crippen LogP contribution in [0, 0.1) is 0 Å². The molecule has 1 aliphatic heterocycles. The van der Waals surface area contributed by atoms with E-state index in [4.69, 9.17) is 4.74 Å². The molecule has 0 unspecified atom stereocenters. The fourth-order valence-electron chi connectivity index (χ4n) is 2.78. The van der Waals surface area contributed by atoms with Crippen molar-refractivity contribution in [3.63, 3.8) is 0 Å². The van der Waals surface area contributed by atoms with E-state index in [1.165, 1.54) is 37.9 Å². The molecule has 1 aliphatic rings. The van der Waals surface area contributed by atoms with Crippen LogP contribution in [-0.2, 0) is 22.6 Å². The third-order valence-corrected chi connectivity index (χ3v) is 4.14. The second-order valence-electron chi connectivity index (χ2n) is 6.10. The number of hydrogen-bond donors (Lipinski definition) is 2. The molecule has 23 heavy (non-hydrogen) atoms. The third kappa shape index (κ3) is 7.12. The minimum atomic E-state index is 0.0125. The van der Waals surface area contributed by atoms with Crippen LogP contribution >= 0.6 is 0 Å². The number of amides is 1. The van der Waals surface area contributed by atoms with Crippen molar-refractivity contribution in [3.8, 4) is 0 Å². The molecule has 1 fully saturated rings. The maximum atomic E-state index is 11.7. The molecule has 1 aromatic carbocycles. The van der Waals surface area contributed by atoms with Crippen molar-refractivity contribution in [1.82, 2.24) is 15.5 Å². The SMILES string of the molecule is COCCNCC(=O)NCc1ccc(CN2CCCCC2)cc1. The number of nitrogens with one attached hydrogen (secondary N) is 2. The van der Waals surface area contributed by atoms with Gasteiger partial charge in [0.1, 0.15) is 0 Å². The zero-order valence-corrected chi connectivity index (χ0v) is 14.1. The van der Waals surface area contributed by atoms with Crippen LogP contribution in [0.4, 0.5) is 0 Å². The zero-order valence-electron chi connectivity index (χ0n) is 14.1. The van der Waals surface area contributed by atoms with Crippen molar-refractivity contribution in [3.05, 3.63) is 35.4 Å². The predicted molar refractivity (Wildman–Crippen MR) is 92.2 cm³/mol. The summed E-state index contributed by atoms with van der Waals surface area (Å²) in [5.41, 5.74) is 2.49. The molecule has 0 saturated carbocycles. The topological polar surface area (TPSA) is 53.6 Å². The maximum absolute atomic E-state index is 11.7. The van der Waals surface area contributed by atoms with Crippen LogP contribution in [-0.4, -0.2) is 50.7 Å². The van der Waals surface area contributed by atoms with E-state index in [1.807, 2.05) is 0 Å². The molecular formula is C18H29N3O2. The van der Waals surface area contributed by atoms with Crippen LogP contribution in [0.5, 0.6) is 0 Å². The number of hydrogen-bond acceptors (Lipinski definition) is 4. The second-order valence-corrected chi connectivity index (χ2v) is 6.10. The summed E-state index contributed by atoms with van der Waals surface area (Å²) >= 11 is 0. The quantitative estimate of drug-likeness (QED) is 0.678. The van der Waals surface area contributed by atoms with Crippen LogP contribution in [0.25, 0.3) is 0 Å². The van der Waals surface area contributed by atoms with Crippen LogP contribution in [0.2, 0.25) is 0 Å². The van der Waals surface area contributed by atoms with Crippen LogP contribution in [0.15, 0.2) is 24.3 Å². The van der Waals surface area contributed by atoms with Crippen molar-refractivity contribution in [2.24, 2.45) is 0 Å². The van der Waals surface area contributed by atoms with Crippen molar-refractivity contribution in [1.29, 1.82) is 0 Å². The highest BCUT2D eigenvalue weighted by molar-refractivity contribution is 5.77. The minimum absolute atomic E-state index is 0.0125. The lowest BCUT2D eigenvalue weighted by atomic mass is 10.1. The first-order chi connectivity index (χ1) is 11.3. The monoisotopic (exact) mass is 319 g/mol. The van der Waals surface area contributed by atoms with Gasteiger partial charge >= 0.3 is 0 Å². The number of nitrogens with zero attached hydrogens (tertiary/aromatic N) is 1. The van der Waals surface area contributed by atoms with Gasteiger partial charge < -0.3 is 15.4 Å². The Morgan fingerprint density at radius 1 is 1.13 bits per heavy atom. The Morgan fingerprint density at radius 3 is 2.52 bits per heavy atom. The molecule has 0 spiro atoms. The molecule has 1 aromatic rings. The van der Waals surface area contributed by atoms with Gasteiger partial charge in [-0.3, -0.25) is 9.69 Å². The Labute approximate surface area is 139 Å². The van der Waals surface area contributed by atoms with Gasteiger partial charge in [0.2, 0.25) is 5.91 Å². The lowest BCUT2D eigenvalue weighted by Gasteiger charge is -2.26. The number of carbonyl (C=O) groups is 1. The molecule has 0 aliphatic carbocycles. The van der Waals surface area contributed by atoms with E-state index >= 15 is 0 Å². The first kappa shape index (κ1) is 17.9. The lowest BCUT2D eigenvalue weighted by Crippen LogP contribution is -2.34. The van der Waals surface area contributed by atoms with E-state index in [-0.39, 0.29) is 5.91 Å². The van der Waals surface area contributed by atoms with Gasteiger partial charge in [-0.1, -0.05) is 30.7 Å². The van der Waals surface area contributed by atoms with Gasteiger partial charge in [0, 0.05) is 26.7 Å². The predicted octanol–water partition coefficient (Wildman–Crippen LogP) is 1.52. The molecule has 2 rings (SSSR count). The molecule has 0 atom stereocenters. The average molecular weight is 319 g/mol. The first-order valence-electron chi connectivity index (χ1n) is 8.54. The Hall–Kier alpha value is -1.43. The van der Waals surface area contributed by atoms with Gasteiger partial charge in [-0.25, -0.2) is 0 Å². The van der Waals surface area contributed by atoms with Gasteiger partial charge in [0.25, 0.3) is 0 Å². The Bertz CT molecular complexity index is 456. The van der Waals surface area contributed by atoms with E-state index in [0.29, 0.717) is 26.2 Å². The van der Waals surface area contributed by atoms with E-state index in [9.17, 15) is 4.79 Å². The van der Waals surface area contributed by atoms with Gasteiger partial charge in [-0.05, 0) is 37.1 Å². The van der Waals surface area contributed by atoms with Crippen LogP contribution in [0.3, 0.4) is 0 Å². The Morgan fingerprint density at radius 2 is 1.83 bits per heavy atom.